The van der Waals surface area contributed by atoms with Crippen LogP contribution in [0.2, 0.25) is 21.1 Å². The van der Waals surface area contributed by atoms with Gasteiger partial charge in [-0.2, -0.15) is 38.3 Å². The summed E-state index contributed by atoms with van der Waals surface area (Å²) in [6.45, 7) is 0. The maximum atomic E-state index is 12.1. The molecule has 0 bridgehead atoms. The summed E-state index contributed by atoms with van der Waals surface area (Å²) in [5, 5.41) is 4.43. The minimum Gasteiger partial charge on any atom is -0.744 e. The van der Waals surface area contributed by atoms with E-state index < -0.39 is 30.0 Å². The van der Waals surface area contributed by atoms with Gasteiger partial charge in [-0.05, 0) is 81.8 Å². The van der Waals surface area contributed by atoms with Crippen molar-refractivity contribution >= 4 is 102 Å². The first-order valence-corrected chi connectivity index (χ1v) is 14.6. The average molecular weight is 688 g/mol. The number of anilines is 4. The normalized spacial score (nSPS) is 11.8. The van der Waals surface area contributed by atoms with Crippen molar-refractivity contribution in [3.8, 4) is 0 Å². The molecule has 4 aromatic rings. The van der Waals surface area contributed by atoms with Crippen LogP contribution in [0.4, 0.5) is 23.3 Å². The Bertz CT molecular complexity index is 1710. The van der Waals surface area contributed by atoms with Crippen molar-refractivity contribution < 1.29 is 55.5 Å². The molecule has 0 fully saturated rings. The van der Waals surface area contributed by atoms with Crippen LogP contribution >= 0.6 is 46.4 Å². The van der Waals surface area contributed by atoms with Gasteiger partial charge in [0.25, 0.3) is 10.1 Å². The Hall–Kier alpha value is -2.22. The molecule has 0 aliphatic rings. The van der Waals surface area contributed by atoms with Gasteiger partial charge in [-0.1, -0.05) is 24.3 Å². The van der Waals surface area contributed by atoms with Crippen LogP contribution in [-0.4, -0.2) is 55.8 Å². The van der Waals surface area contributed by atoms with E-state index in [0.29, 0.717) is 0 Å². The maximum Gasteiger partial charge on any atom is 1.00 e. The third-order valence-electron chi connectivity index (χ3n) is 4.69. The summed E-state index contributed by atoms with van der Waals surface area (Å²) in [5.74, 6) is -0.217. The molecule has 21 heteroatoms. The second-order valence-corrected chi connectivity index (χ2v) is 11.5. The number of aromatic nitrogens is 6. The molecule has 2 heterocycles. The smallest absolute Gasteiger partial charge is 0.744 e. The Balaban J connectivity index is 0.00000462. The number of halogens is 4. The second-order valence-electron chi connectivity index (χ2n) is 7.41. The van der Waals surface area contributed by atoms with Gasteiger partial charge in [0.15, 0.2) is 0 Å². The summed E-state index contributed by atoms with van der Waals surface area (Å²) in [6, 6.07) is 7.43. The number of nitrogens with zero attached hydrogens (tertiary/aromatic N) is 6. The quantitative estimate of drug-likeness (QED) is 0.136. The fourth-order valence-electron chi connectivity index (χ4n) is 3.14. The van der Waals surface area contributed by atoms with Crippen LogP contribution < -0.4 is 40.2 Å². The summed E-state index contributed by atoms with van der Waals surface area (Å²) in [7, 11) is -9.80. The fraction of sp³-hybridized carbons (Fsp3) is 0. The molecule has 2 aromatic heterocycles. The summed E-state index contributed by atoms with van der Waals surface area (Å²) >= 11 is 22.9. The van der Waals surface area contributed by atoms with Crippen molar-refractivity contribution in [2.45, 2.75) is 9.79 Å². The largest absolute Gasteiger partial charge is 1.00 e. The molecule has 0 atom stereocenters. The van der Waals surface area contributed by atoms with Crippen LogP contribution in [-0.2, 0) is 20.2 Å². The molecule has 0 saturated carbocycles. The Morgan fingerprint density at radius 1 is 0.659 bits per heavy atom. The third kappa shape index (κ3) is 9.13. The number of nitrogens with one attached hydrogen (secondary N) is 2. The molecule has 0 unspecified atom stereocenters. The first-order chi connectivity index (χ1) is 18.7. The van der Waals surface area contributed by atoms with E-state index in [1.165, 1.54) is 36.4 Å². The Labute approximate surface area is 274 Å². The van der Waals surface area contributed by atoms with Crippen LogP contribution in [0.1, 0.15) is 11.1 Å². The minimum atomic E-state index is -5.02. The topological polar surface area (TPSA) is 213 Å². The van der Waals surface area contributed by atoms with Crippen LogP contribution in [0.3, 0.4) is 0 Å². The Morgan fingerprint density at radius 2 is 1.02 bits per heavy atom. The zero-order valence-corrected chi connectivity index (χ0v) is 26.8. The van der Waals surface area contributed by atoms with Gasteiger partial charge in [0.05, 0.1) is 4.90 Å². The van der Waals surface area contributed by atoms with Crippen LogP contribution in [0.15, 0.2) is 46.2 Å². The molecule has 4 rings (SSSR count). The number of benzene rings is 2. The maximum absolute atomic E-state index is 12.1. The van der Waals surface area contributed by atoms with Gasteiger partial charge in [0, 0.05) is 11.4 Å². The zero-order chi connectivity index (χ0) is 29.2. The Kier molecular flexibility index (Phi) is 10.9. The van der Waals surface area contributed by atoms with E-state index in [0.717, 1.165) is 12.1 Å². The van der Waals surface area contributed by atoms with Crippen molar-refractivity contribution in [1.29, 1.82) is 0 Å². The molecule has 208 valence electrons. The van der Waals surface area contributed by atoms with Crippen molar-refractivity contribution in [1.82, 2.24) is 29.9 Å². The third-order valence-corrected chi connectivity index (χ3v) is 7.17. The summed E-state index contributed by atoms with van der Waals surface area (Å²) in [5.41, 5.74) is 0.0771. The van der Waals surface area contributed by atoms with Gasteiger partial charge < -0.3 is 15.2 Å². The van der Waals surface area contributed by atoms with E-state index in [9.17, 15) is 25.9 Å². The van der Waals surface area contributed by atoms with E-state index in [-0.39, 0.29) is 85.1 Å². The molecule has 2 aromatic carbocycles. The zero-order valence-electron chi connectivity index (χ0n) is 20.1. The fourth-order valence-corrected chi connectivity index (χ4v) is 5.27. The van der Waals surface area contributed by atoms with Crippen molar-refractivity contribution in [2.24, 2.45) is 0 Å². The van der Waals surface area contributed by atoms with Crippen molar-refractivity contribution in [2.75, 3.05) is 10.6 Å². The molecule has 0 aliphatic carbocycles. The minimum absolute atomic E-state index is 0. The van der Waals surface area contributed by atoms with E-state index in [2.05, 4.69) is 40.5 Å². The van der Waals surface area contributed by atoms with E-state index in [4.69, 9.17) is 46.4 Å². The average Bonchev–Trinajstić information content (AvgIpc) is 2.81. The first kappa shape index (κ1) is 33.3. The van der Waals surface area contributed by atoms with Crippen molar-refractivity contribution in [3.05, 3.63) is 68.7 Å². The monoisotopic (exact) mass is 686 g/mol. The predicted molar refractivity (Wildman–Crippen MR) is 146 cm³/mol. The van der Waals surface area contributed by atoms with Gasteiger partial charge in [-0.3, -0.25) is 4.55 Å². The SMILES string of the molecule is O=S(=O)([O-])c1cc(Nc2nc(Cl)nc(Cl)n2)ccc1/C=C/c1ccc(Nc2nc(Cl)nc(Cl)n2)cc1S(=O)(=O)O.[Na+]. The summed E-state index contributed by atoms with van der Waals surface area (Å²) < 4.78 is 69.9. The summed E-state index contributed by atoms with van der Waals surface area (Å²) in [4.78, 5) is 21.1. The molecule has 14 nitrogen and oxygen atoms in total. The standard InChI is InChI=1S/C20H12Cl4N8O6S2.Na/c21-15-27-16(22)30-19(29-15)25-11-5-3-9(13(7-11)39(33,34)35)1-2-10-4-6-12(8-14(10)40(36,37)38)26-20-31-17(23)28-18(24)32-20;/h1-8H,(H,33,34,35)(H,36,37,38)(H,25,27,29,30)(H,26,28,31,32);/q;+1/p-1/b2-1+;. The Morgan fingerprint density at radius 3 is 1.39 bits per heavy atom. The molecule has 3 N–H and O–H groups in total. The van der Waals surface area contributed by atoms with Crippen LogP contribution in [0.25, 0.3) is 12.2 Å². The summed E-state index contributed by atoms with van der Waals surface area (Å²) in [6.07, 6.45) is 2.36. The van der Waals surface area contributed by atoms with Crippen LogP contribution in [0, 0.1) is 0 Å². The molecular formula is C20H11Cl4N8NaO6S2. The van der Waals surface area contributed by atoms with Gasteiger partial charge >= 0.3 is 29.6 Å². The predicted octanol–water partition coefficient (Wildman–Crippen LogP) is 1.48. The molecule has 0 spiro atoms. The molecule has 0 saturated heterocycles. The molecule has 0 amide bonds. The van der Waals surface area contributed by atoms with Gasteiger partial charge in [-0.25, -0.2) is 8.42 Å². The first-order valence-electron chi connectivity index (χ1n) is 10.3. The molecule has 41 heavy (non-hydrogen) atoms. The van der Waals surface area contributed by atoms with E-state index in [1.54, 1.807) is 0 Å². The van der Waals surface area contributed by atoms with E-state index in [1.807, 2.05) is 0 Å². The van der Waals surface area contributed by atoms with E-state index >= 15 is 0 Å². The number of hydrogen-bond donors (Lipinski definition) is 3. The molecule has 0 radical (unpaired) electrons. The van der Waals surface area contributed by atoms with Gasteiger partial charge in [-0.15, -0.1) is 0 Å². The van der Waals surface area contributed by atoms with Gasteiger partial charge in [0.2, 0.25) is 33.0 Å². The van der Waals surface area contributed by atoms with Crippen LogP contribution in [0.5, 0.6) is 0 Å². The van der Waals surface area contributed by atoms with Gasteiger partial charge in [0.1, 0.15) is 15.0 Å². The number of hydrogen-bond acceptors (Lipinski definition) is 13. The second kappa shape index (κ2) is 13.4. The number of rotatable bonds is 8. The van der Waals surface area contributed by atoms with Crippen molar-refractivity contribution in [3.63, 3.8) is 0 Å². The molecular weight excluding hydrogens is 677 g/mol. The molecule has 0 aliphatic heterocycles.